The summed E-state index contributed by atoms with van der Waals surface area (Å²) < 4.78 is 5.45. The van der Waals surface area contributed by atoms with E-state index in [9.17, 15) is 24.6 Å². The fourth-order valence-corrected chi connectivity index (χ4v) is 5.90. The van der Waals surface area contributed by atoms with Crippen LogP contribution in [-0.4, -0.2) is 92.3 Å². The molecule has 5 aliphatic heterocycles. The molecule has 0 bridgehead atoms. The number of carbonyl (C=O) groups is 3. The summed E-state index contributed by atoms with van der Waals surface area (Å²) in [7, 11) is 0. The van der Waals surface area contributed by atoms with E-state index in [2.05, 4.69) is 20.6 Å². The van der Waals surface area contributed by atoms with Gasteiger partial charge in [-0.1, -0.05) is 12.1 Å². The van der Waals surface area contributed by atoms with Gasteiger partial charge >= 0.3 is 0 Å². The first-order valence-corrected chi connectivity index (χ1v) is 11.6. The van der Waals surface area contributed by atoms with Crippen molar-refractivity contribution in [3.05, 3.63) is 34.9 Å². The number of nitrogens with two attached hydrogens (primary N) is 2. The number of likely N-dealkylation sites (tertiary alicyclic amines) is 1. The average molecular weight is 499 g/mol. The normalized spacial score (nSPS) is 32.0. The molecule has 8 N–H and O–H groups in total. The van der Waals surface area contributed by atoms with Crippen molar-refractivity contribution >= 4 is 29.6 Å². The number of nitrogens with one attached hydrogen (secondary N) is 2. The summed E-state index contributed by atoms with van der Waals surface area (Å²) in [6.07, 6.45) is 0.200. The number of hydrogen-bond donors (Lipinski definition) is 6. The number of ether oxygens (including phenoxy) is 1. The Balaban J connectivity index is 1.32. The van der Waals surface area contributed by atoms with Gasteiger partial charge in [0.15, 0.2) is 17.6 Å². The molecule has 1 spiro atoms. The van der Waals surface area contributed by atoms with Gasteiger partial charge in [-0.25, -0.2) is 9.98 Å². The molecule has 6 rings (SSSR count). The number of nitrogens with zero attached hydrogens (tertiary/aromatic N) is 4. The number of fused-ring (bicyclic) bond motifs is 1. The van der Waals surface area contributed by atoms with E-state index in [1.165, 1.54) is 4.90 Å². The van der Waals surface area contributed by atoms with Gasteiger partial charge in [0.1, 0.15) is 12.1 Å². The highest BCUT2D eigenvalue weighted by Crippen LogP contribution is 2.45. The predicted octanol–water partition coefficient (Wildman–Crippen LogP) is -3.36. The van der Waals surface area contributed by atoms with E-state index in [1.54, 1.807) is 12.1 Å². The van der Waals surface area contributed by atoms with Crippen LogP contribution in [-0.2, 0) is 27.5 Å². The fourth-order valence-electron chi connectivity index (χ4n) is 5.90. The first-order valence-electron chi connectivity index (χ1n) is 11.6. The second kappa shape index (κ2) is 7.62. The van der Waals surface area contributed by atoms with Crippen LogP contribution in [0.3, 0.4) is 0 Å². The van der Waals surface area contributed by atoms with Crippen LogP contribution in [0.15, 0.2) is 28.2 Å². The first-order chi connectivity index (χ1) is 17.1. The van der Waals surface area contributed by atoms with Crippen molar-refractivity contribution in [2.45, 2.75) is 55.6 Å². The second-order valence-corrected chi connectivity index (χ2v) is 9.60. The molecule has 2 fully saturated rings. The van der Waals surface area contributed by atoms with Crippen LogP contribution in [0.5, 0.6) is 0 Å². The summed E-state index contributed by atoms with van der Waals surface area (Å²) in [5, 5.41) is 28.7. The van der Waals surface area contributed by atoms with Crippen molar-refractivity contribution in [1.82, 2.24) is 20.4 Å². The highest BCUT2D eigenvalue weighted by atomic mass is 16.5. The third kappa shape index (κ3) is 2.98. The summed E-state index contributed by atoms with van der Waals surface area (Å²) in [4.78, 5) is 48.9. The van der Waals surface area contributed by atoms with E-state index in [-0.39, 0.29) is 56.3 Å². The number of benzene rings is 1. The number of hydrogen-bond acceptors (Lipinski definition) is 12. The lowest BCUT2D eigenvalue weighted by Gasteiger charge is -2.49. The van der Waals surface area contributed by atoms with E-state index < -0.39 is 35.5 Å². The maximum Gasteiger partial charge on any atom is 0.252 e. The van der Waals surface area contributed by atoms with Gasteiger partial charge in [0.2, 0.25) is 17.6 Å². The Hall–Kier alpha value is -3.75. The summed E-state index contributed by atoms with van der Waals surface area (Å²) >= 11 is 0. The molecule has 5 aliphatic rings. The number of aliphatic imine (C=N–C) groups is 2. The van der Waals surface area contributed by atoms with Crippen LogP contribution in [0.25, 0.3) is 0 Å². The van der Waals surface area contributed by atoms with Gasteiger partial charge in [-0.05, 0) is 17.2 Å². The van der Waals surface area contributed by atoms with Gasteiger partial charge in [0, 0.05) is 24.9 Å². The molecule has 5 heterocycles. The smallest absolute Gasteiger partial charge is 0.252 e. The Kier molecular flexibility index (Phi) is 4.81. The predicted molar refractivity (Wildman–Crippen MR) is 123 cm³/mol. The monoisotopic (exact) mass is 498 g/mol. The van der Waals surface area contributed by atoms with Crippen molar-refractivity contribution in [3.63, 3.8) is 0 Å². The number of imide groups is 1. The van der Waals surface area contributed by atoms with Crippen molar-refractivity contribution in [2.24, 2.45) is 21.5 Å². The minimum absolute atomic E-state index is 0.0639. The van der Waals surface area contributed by atoms with Gasteiger partial charge in [0.05, 0.1) is 25.8 Å². The zero-order valence-corrected chi connectivity index (χ0v) is 19.2. The van der Waals surface area contributed by atoms with Crippen molar-refractivity contribution in [3.8, 4) is 0 Å². The minimum atomic E-state index is -2.62. The lowest BCUT2D eigenvalue weighted by molar-refractivity contribution is -0.230. The van der Waals surface area contributed by atoms with Crippen LogP contribution < -0.4 is 22.1 Å². The molecule has 14 nitrogen and oxygen atoms in total. The molecule has 0 aromatic heterocycles. The van der Waals surface area contributed by atoms with Crippen molar-refractivity contribution in [1.29, 1.82) is 0 Å². The molecule has 2 saturated heterocycles. The molecule has 0 aliphatic carbocycles. The standard InChI is InChI=1S/C22H26N8O6/c23-19-27-17-13(6-29-15(31)4-5-16(29)32)25-20(24)30-7-14(22(34,35)21(17,30)28-19)26-18(33)11-3-1-2-10-8-36-9-12(10)11/h1-3,13-14,17,34-35H,4-9H2,(H2,24,25)(H,26,33)(H3,23,27,28)/t13-,14?,17-,21-/m0/s1. The lowest BCUT2D eigenvalue weighted by Crippen LogP contribution is -2.78. The van der Waals surface area contributed by atoms with Crippen LogP contribution in [0, 0.1) is 0 Å². The van der Waals surface area contributed by atoms with Gasteiger partial charge in [0.25, 0.3) is 5.91 Å². The highest BCUT2D eigenvalue weighted by molar-refractivity contribution is 6.02. The van der Waals surface area contributed by atoms with E-state index in [0.29, 0.717) is 12.2 Å². The number of guanidine groups is 2. The Morgan fingerprint density at radius 1 is 1.19 bits per heavy atom. The van der Waals surface area contributed by atoms with Gasteiger partial charge in [-0.15, -0.1) is 0 Å². The van der Waals surface area contributed by atoms with Crippen molar-refractivity contribution in [2.75, 3.05) is 13.1 Å². The topological polar surface area (TPSA) is 208 Å². The average Bonchev–Trinajstić information content (AvgIpc) is 3.57. The van der Waals surface area contributed by atoms with Crippen LogP contribution in [0.2, 0.25) is 0 Å². The Labute approximate surface area is 205 Å². The van der Waals surface area contributed by atoms with E-state index in [1.807, 2.05) is 6.07 Å². The van der Waals surface area contributed by atoms with Crippen molar-refractivity contribution < 1.29 is 29.3 Å². The number of aliphatic hydroxyl groups is 2. The summed E-state index contributed by atoms with van der Waals surface area (Å²) in [6.45, 7) is 0.437. The molecule has 3 amide bonds. The summed E-state index contributed by atoms with van der Waals surface area (Å²) in [5.41, 5.74) is 12.5. The number of rotatable bonds is 4. The van der Waals surface area contributed by atoms with Gasteiger partial charge in [-0.2, -0.15) is 0 Å². The zero-order valence-electron chi connectivity index (χ0n) is 19.2. The Bertz CT molecular complexity index is 1230. The molecular formula is C22H26N8O6. The molecular weight excluding hydrogens is 472 g/mol. The maximum atomic E-state index is 13.2. The molecule has 4 atom stereocenters. The van der Waals surface area contributed by atoms with Crippen LogP contribution >= 0.6 is 0 Å². The Morgan fingerprint density at radius 3 is 2.69 bits per heavy atom. The van der Waals surface area contributed by atoms with Gasteiger partial charge < -0.3 is 42.0 Å². The molecule has 0 saturated carbocycles. The molecule has 36 heavy (non-hydrogen) atoms. The minimum Gasteiger partial charge on any atom is -0.372 e. The van der Waals surface area contributed by atoms with Crippen LogP contribution in [0.1, 0.15) is 34.3 Å². The molecule has 190 valence electrons. The zero-order chi connectivity index (χ0) is 25.4. The van der Waals surface area contributed by atoms with E-state index in [4.69, 9.17) is 16.2 Å². The Morgan fingerprint density at radius 2 is 1.94 bits per heavy atom. The summed E-state index contributed by atoms with van der Waals surface area (Å²) in [5.74, 6) is -3.96. The fraction of sp³-hybridized carbons (Fsp3) is 0.500. The molecule has 1 unspecified atom stereocenters. The third-order valence-corrected chi connectivity index (χ3v) is 7.65. The number of amides is 3. The quantitative estimate of drug-likeness (QED) is 0.179. The second-order valence-electron chi connectivity index (χ2n) is 9.60. The molecule has 14 heteroatoms. The largest absolute Gasteiger partial charge is 0.372 e. The maximum absolute atomic E-state index is 13.2. The molecule has 1 aromatic rings. The van der Waals surface area contributed by atoms with E-state index >= 15 is 0 Å². The number of carbonyl (C=O) groups excluding carboxylic acids is 3. The van der Waals surface area contributed by atoms with E-state index in [0.717, 1.165) is 16.0 Å². The summed E-state index contributed by atoms with van der Waals surface area (Å²) in [6, 6.07) is 2.13. The van der Waals surface area contributed by atoms with Gasteiger partial charge in [-0.3, -0.25) is 19.3 Å². The molecule has 1 aromatic carbocycles. The first kappa shape index (κ1) is 22.7. The lowest BCUT2D eigenvalue weighted by atomic mass is 9.84. The SMILES string of the molecule is NC1=N[C@H]2[C@H](CN3C(=O)CCC3=O)N=C(N)N3CC(NC(=O)c4cccc5c4COC5)C(O)(O)[C@]23N1. The highest BCUT2D eigenvalue weighted by Gasteiger charge is 2.73. The van der Waals surface area contributed by atoms with Crippen LogP contribution in [0.4, 0.5) is 0 Å². The molecule has 0 radical (unpaired) electrons. The third-order valence-electron chi connectivity index (χ3n) is 7.65.